The van der Waals surface area contributed by atoms with Crippen LogP contribution in [0.1, 0.15) is 78.8 Å². The minimum atomic E-state index is -0.511. The van der Waals surface area contributed by atoms with Gasteiger partial charge in [-0.1, -0.05) is 19.4 Å². The largest absolute Gasteiger partial charge is 0.443 e. The molecule has 0 aromatic carbocycles. The van der Waals surface area contributed by atoms with Gasteiger partial charge >= 0.3 is 6.09 Å². The van der Waals surface area contributed by atoms with Gasteiger partial charge in [-0.3, -0.25) is 9.80 Å². The molecule has 1 atom stereocenters. The fraction of sp³-hybridized carbons (Fsp3) is 0.714. The molecule has 5 heteroatoms. The first-order valence-corrected chi connectivity index (χ1v) is 9.95. The van der Waals surface area contributed by atoms with Crippen LogP contribution in [0.15, 0.2) is 18.3 Å². The number of likely N-dealkylation sites (tertiary alicyclic amines) is 1. The van der Waals surface area contributed by atoms with Crippen molar-refractivity contribution in [1.29, 1.82) is 0 Å². The summed E-state index contributed by atoms with van der Waals surface area (Å²) in [5.41, 5.74) is 0.728. The molecule has 2 heterocycles. The Kier molecular flexibility index (Phi) is 7.04. The minimum absolute atomic E-state index is 0.332. The SMILES string of the molecule is CCCN(C(=O)OC(C)(C)C)c1ccc([C@@H]2CCCCN2C(C)C)cn1. The highest BCUT2D eigenvalue weighted by molar-refractivity contribution is 5.86. The monoisotopic (exact) mass is 361 g/mol. The number of pyridine rings is 1. The lowest BCUT2D eigenvalue weighted by Crippen LogP contribution is -2.39. The number of carbonyl (C=O) groups excluding carboxylic acids is 1. The number of hydrogen-bond donors (Lipinski definition) is 0. The summed E-state index contributed by atoms with van der Waals surface area (Å²) in [5, 5.41) is 0. The molecule has 0 aliphatic carbocycles. The first kappa shape index (κ1) is 20.7. The number of rotatable bonds is 5. The molecule has 1 aromatic rings. The molecule has 1 aliphatic heterocycles. The van der Waals surface area contributed by atoms with Crippen molar-refractivity contribution in [3.8, 4) is 0 Å². The fourth-order valence-electron chi connectivity index (χ4n) is 3.52. The molecule has 1 fully saturated rings. The van der Waals surface area contributed by atoms with E-state index in [9.17, 15) is 4.79 Å². The molecular weight excluding hydrogens is 326 g/mol. The fourth-order valence-corrected chi connectivity index (χ4v) is 3.52. The maximum atomic E-state index is 12.5. The van der Waals surface area contributed by atoms with Gasteiger partial charge < -0.3 is 4.74 Å². The van der Waals surface area contributed by atoms with Crippen molar-refractivity contribution in [2.45, 2.75) is 84.9 Å². The molecule has 0 saturated carbocycles. The highest BCUT2D eigenvalue weighted by atomic mass is 16.6. The summed E-state index contributed by atoms with van der Waals surface area (Å²) in [4.78, 5) is 21.3. The summed E-state index contributed by atoms with van der Waals surface area (Å²) in [5.74, 6) is 0.664. The Morgan fingerprint density at radius 2 is 2.08 bits per heavy atom. The van der Waals surface area contributed by atoms with Crippen LogP contribution in [-0.4, -0.2) is 40.7 Å². The molecule has 0 radical (unpaired) electrons. The molecule has 1 aromatic heterocycles. The maximum Gasteiger partial charge on any atom is 0.416 e. The van der Waals surface area contributed by atoms with Gasteiger partial charge in [0, 0.05) is 24.8 Å². The summed E-state index contributed by atoms with van der Waals surface area (Å²) in [6.45, 7) is 14.0. The van der Waals surface area contributed by atoms with Crippen molar-refractivity contribution in [1.82, 2.24) is 9.88 Å². The lowest BCUT2D eigenvalue weighted by Gasteiger charge is -2.38. The molecule has 0 unspecified atom stereocenters. The van der Waals surface area contributed by atoms with E-state index in [-0.39, 0.29) is 6.09 Å². The van der Waals surface area contributed by atoms with Crippen molar-refractivity contribution < 1.29 is 9.53 Å². The molecule has 1 saturated heterocycles. The van der Waals surface area contributed by atoms with Gasteiger partial charge in [-0.05, 0) is 72.1 Å². The second-order valence-electron chi connectivity index (χ2n) is 8.42. The number of hydrogen-bond acceptors (Lipinski definition) is 4. The topological polar surface area (TPSA) is 45.7 Å². The van der Waals surface area contributed by atoms with Crippen LogP contribution in [0.2, 0.25) is 0 Å². The molecule has 0 bridgehead atoms. The first-order valence-electron chi connectivity index (χ1n) is 9.95. The van der Waals surface area contributed by atoms with Crippen LogP contribution >= 0.6 is 0 Å². The van der Waals surface area contributed by atoms with E-state index >= 15 is 0 Å². The number of aromatic nitrogens is 1. The summed E-state index contributed by atoms with van der Waals surface area (Å²) < 4.78 is 5.54. The van der Waals surface area contributed by atoms with Gasteiger partial charge in [0.1, 0.15) is 11.4 Å². The number of ether oxygens (including phenoxy) is 1. The quantitative estimate of drug-likeness (QED) is 0.726. The molecule has 0 N–H and O–H groups in total. The summed E-state index contributed by atoms with van der Waals surface area (Å²) in [6.07, 6.45) is 6.16. The third-order valence-electron chi connectivity index (χ3n) is 4.70. The third kappa shape index (κ3) is 5.44. The van der Waals surface area contributed by atoms with Crippen molar-refractivity contribution in [2.24, 2.45) is 0 Å². The van der Waals surface area contributed by atoms with Crippen LogP contribution in [0.5, 0.6) is 0 Å². The van der Waals surface area contributed by atoms with E-state index in [0.717, 1.165) is 13.0 Å². The van der Waals surface area contributed by atoms with Gasteiger partial charge in [0.15, 0.2) is 0 Å². The highest BCUT2D eigenvalue weighted by Crippen LogP contribution is 2.32. The molecule has 2 rings (SSSR count). The van der Waals surface area contributed by atoms with Crippen LogP contribution in [-0.2, 0) is 4.74 Å². The van der Waals surface area contributed by atoms with E-state index in [4.69, 9.17) is 4.74 Å². The Bertz CT molecular complexity index is 578. The predicted molar refractivity (Wildman–Crippen MR) is 107 cm³/mol. The second-order valence-corrected chi connectivity index (χ2v) is 8.42. The Morgan fingerprint density at radius 3 is 2.62 bits per heavy atom. The molecule has 0 spiro atoms. The average molecular weight is 362 g/mol. The van der Waals surface area contributed by atoms with E-state index in [1.807, 2.05) is 40.0 Å². The lowest BCUT2D eigenvalue weighted by atomic mass is 9.95. The van der Waals surface area contributed by atoms with Crippen LogP contribution in [0, 0.1) is 0 Å². The maximum absolute atomic E-state index is 12.5. The van der Waals surface area contributed by atoms with Crippen LogP contribution in [0.4, 0.5) is 10.6 Å². The van der Waals surface area contributed by atoms with Crippen LogP contribution in [0.3, 0.4) is 0 Å². The Hall–Kier alpha value is -1.62. The predicted octanol–water partition coefficient (Wildman–Crippen LogP) is 5.17. The van der Waals surface area contributed by atoms with Crippen molar-refractivity contribution in [2.75, 3.05) is 18.0 Å². The molecule has 5 nitrogen and oxygen atoms in total. The first-order chi connectivity index (χ1) is 12.2. The Morgan fingerprint density at radius 1 is 1.35 bits per heavy atom. The third-order valence-corrected chi connectivity index (χ3v) is 4.70. The standard InChI is InChI=1S/C21H35N3O2/c1-7-13-24(20(25)26-21(4,5)6)19-12-11-17(15-22-19)18-10-8-9-14-23(18)16(2)3/h11-12,15-16,18H,7-10,13-14H2,1-6H3/t18-/m0/s1. The van der Waals surface area contributed by atoms with Crippen LogP contribution < -0.4 is 4.90 Å². The van der Waals surface area contributed by atoms with Gasteiger partial charge in [0.05, 0.1) is 0 Å². The number of anilines is 1. The van der Waals surface area contributed by atoms with E-state index < -0.39 is 5.60 Å². The molecule has 1 amide bonds. The highest BCUT2D eigenvalue weighted by Gasteiger charge is 2.27. The Balaban J connectivity index is 2.18. The number of nitrogens with zero attached hydrogens (tertiary/aromatic N) is 3. The molecule has 146 valence electrons. The van der Waals surface area contributed by atoms with Crippen molar-refractivity contribution >= 4 is 11.9 Å². The van der Waals surface area contributed by atoms with E-state index in [1.54, 1.807) is 4.90 Å². The average Bonchev–Trinajstić information content (AvgIpc) is 2.58. The van der Waals surface area contributed by atoms with E-state index in [2.05, 4.69) is 29.8 Å². The van der Waals surface area contributed by atoms with E-state index in [1.165, 1.54) is 24.8 Å². The van der Waals surface area contributed by atoms with Gasteiger partial charge in [0.25, 0.3) is 0 Å². The minimum Gasteiger partial charge on any atom is -0.443 e. The van der Waals surface area contributed by atoms with Crippen molar-refractivity contribution in [3.63, 3.8) is 0 Å². The summed E-state index contributed by atoms with van der Waals surface area (Å²) >= 11 is 0. The van der Waals surface area contributed by atoms with Crippen LogP contribution in [0.25, 0.3) is 0 Å². The van der Waals surface area contributed by atoms with Gasteiger partial charge in [-0.2, -0.15) is 0 Å². The van der Waals surface area contributed by atoms with Gasteiger partial charge in [0.2, 0.25) is 0 Å². The number of carbonyl (C=O) groups is 1. The van der Waals surface area contributed by atoms with E-state index in [0.29, 0.717) is 24.4 Å². The van der Waals surface area contributed by atoms with Crippen molar-refractivity contribution in [3.05, 3.63) is 23.9 Å². The van der Waals surface area contributed by atoms with Gasteiger partial charge in [-0.15, -0.1) is 0 Å². The summed E-state index contributed by atoms with van der Waals surface area (Å²) in [6, 6.07) is 5.03. The zero-order valence-corrected chi connectivity index (χ0v) is 17.3. The number of piperidine rings is 1. The molecule has 1 aliphatic rings. The normalized spacial score (nSPS) is 18.8. The molecular formula is C21H35N3O2. The van der Waals surface area contributed by atoms with Gasteiger partial charge in [-0.25, -0.2) is 9.78 Å². The zero-order valence-electron chi connectivity index (χ0n) is 17.3. The molecule has 26 heavy (non-hydrogen) atoms. The lowest BCUT2D eigenvalue weighted by molar-refractivity contribution is 0.0579. The number of amides is 1. The Labute approximate surface area is 158 Å². The smallest absolute Gasteiger partial charge is 0.416 e. The summed E-state index contributed by atoms with van der Waals surface area (Å²) in [7, 11) is 0. The zero-order chi connectivity index (χ0) is 19.3. The second kappa shape index (κ2) is 8.85.